The van der Waals surface area contributed by atoms with Crippen molar-refractivity contribution in [3.8, 4) is 0 Å². The SMILES string of the molecule is COCOCC[C@H]1C=CC[C@@H]2C(=O)C=C(OC)[C@H](O)[C@@]12C. The van der Waals surface area contributed by atoms with E-state index in [-0.39, 0.29) is 24.4 Å². The molecule has 118 valence electrons. The molecule has 0 bridgehead atoms. The highest BCUT2D eigenvalue weighted by Gasteiger charge is 2.53. The van der Waals surface area contributed by atoms with Gasteiger partial charge in [-0.05, 0) is 18.8 Å². The van der Waals surface area contributed by atoms with E-state index >= 15 is 0 Å². The molecule has 0 spiro atoms. The van der Waals surface area contributed by atoms with Crippen LogP contribution in [0.2, 0.25) is 0 Å². The fraction of sp³-hybridized carbons (Fsp3) is 0.688. The van der Waals surface area contributed by atoms with E-state index < -0.39 is 11.5 Å². The Hall–Kier alpha value is -1.17. The van der Waals surface area contributed by atoms with Crippen LogP contribution in [0.3, 0.4) is 0 Å². The lowest BCUT2D eigenvalue weighted by molar-refractivity contribution is -0.134. The van der Waals surface area contributed by atoms with Gasteiger partial charge in [0.1, 0.15) is 18.7 Å². The molecule has 5 nitrogen and oxygen atoms in total. The van der Waals surface area contributed by atoms with Crippen LogP contribution in [0, 0.1) is 17.3 Å². The molecule has 0 fully saturated rings. The van der Waals surface area contributed by atoms with Crippen molar-refractivity contribution >= 4 is 5.78 Å². The first-order chi connectivity index (χ1) is 10.1. The summed E-state index contributed by atoms with van der Waals surface area (Å²) in [5, 5.41) is 10.7. The Balaban J connectivity index is 2.19. The van der Waals surface area contributed by atoms with Gasteiger partial charge in [0.25, 0.3) is 0 Å². The van der Waals surface area contributed by atoms with Crippen LogP contribution in [0.5, 0.6) is 0 Å². The maximum absolute atomic E-state index is 12.3. The highest BCUT2D eigenvalue weighted by molar-refractivity contribution is 5.94. The topological polar surface area (TPSA) is 65.0 Å². The number of aliphatic hydroxyl groups is 1. The molecule has 2 aliphatic carbocycles. The van der Waals surface area contributed by atoms with Gasteiger partial charge in [-0.3, -0.25) is 4.79 Å². The normalized spacial score (nSPS) is 35.3. The van der Waals surface area contributed by atoms with Crippen LogP contribution in [-0.2, 0) is 19.0 Å². The highest BCUT2D eigenvalue weighted by atomic mass is 16.7. The van der Waals surface area contributed by atoms with Crippen LogP contribution < -0.4 is 0 Å². The first kappa shape index (κ1) is 16.2. The van der Waals surface area contributed by atoms with Crippen molar-refractivity contribution < 1.29 is 24.1 Å². The van der Waals surface area contributed by atoms with E-state index in [1.807, 2.05) is 13.0 Å². The predicted molar refractivity (Wildman–Crippen MR) is 77.4 cm³/mol. The van der Waals surface area contributed by atoms with E-state index in [2.05, 4.69) is 6.08 Å². The van der Waals surface area contributed by atoms with Crippen molar-refractivity contribution in [3.05, 3.63) is 24.0 Å². The standard InChI is InChI=1S/C16H24O5/c1-16-11(7-8-21-10-19-2)5-4-6-12(16)13(17)9-14(20-3)15(16)18/h4-5,9,11-12,15,18H,6-8,10H2,1-3H3/t11-,12-,15+,16+/m1/s1. The minimum absolute atomic E-state index is 0.0341. The van der Waals surface area contributed by atoms with Gasteiger partial charge >= 0.3 is 0 Å². The van der Waals surface area contributed by atoms with E-state index in [1.165, 1.54) is 13.2 Å². The van der Waals surface area contributed by atoms with E-state index in [0.29, 0.717) is 18.8 Å². The third-order valence-corrected chi connectivity index (χ3v) is 4.79. The average Bonchev–Trinajstić information content (AvgIpc) is 2.48. The number of carbonyl (C=O) groups excluding carboxylic acids is 1. The number of aliphatic hydroxyl groups excluding tert-OH is 1. The molecule has 2 rings (SSSR count). The Kier molecular flexibility index (Phi) is 5.19. The number of carbonyl (C=O) groups is 1. The van der Waals surface area contributed by atoms with Crippen LogP contribution >= 0.6 is 0 Å². The Morgan fingerprint density at radius 2 is 2.19 bits per heavy atom. The molecule has 0 saturated heterocycles. The molecular formula is C16H24O5. The number of fused-ring (bicyclic) bond motifs is 1. The third-order valence-electron chi connectivity index (χ3n) is 4.79. The van der Waals surface area contributed by atoms with Gasteiger partial charge in [0.15, 0.2) is 5.78 Å². The Labute approximate surface area is 125 Å². The first-order valence-corrected chi connectivity index (χ1v) is 7.26. The zero-order chi connectivity index (χ0) is 15.5. The lowest BCUT2D eigenvalue weighted by Crippen LogP contribution is -2.52. The zero-order valence-electron chi connectivity index (χ0n) is 12.9. The Morgan fingerprint density at radius 1 is 1.43 bits per heavy atom. The third kappa shape index (κ3) is 2.91. The molecule has 21 heavy (non-hydrogen) atoms. The van der Waals surface area contributed by atoms with Crippen molar-refractivity contribution in [2.75, 3.05) is 27.6 Å². The number of ether oxygens (including phenoxy) is 3. The van der Waals surface area contributed by atoms with Crippen LogP contribution in [0.1, 0.15) is 19.8 Å². The summed E-state index contributed by atoms with van der Waals surface area (Å²) in [6.07, 6.45) is 6.17. The van der Waals surface area contributed by atoms with Crippen LogP contribution in [-0.4, -0.2) is 44.6 Å². The fourth-order valence-corrected chi connectivity index (χ4v) is 3.47. The molecule has 0 heterocycles. The van der Waals surface area contributed by atoms with Crippen molar-refractivity contribution in [1.29, 1.82) is 0 Å². The lowest BCUT2D eigenvalue weighted by atomic mass is 9.56. The molecule has 0 aromatic heterocycles. The van der Waals surface area contributed by atoms with Gasteiger partial charge in [0.05, 0.1) is 13.7 Å². The summed E-state index contributed by atoms with van der Waals surface area (Å²) in [4.78, 5) is 12.3. The van der Waals surface area contributed by atoms with E-state index in [0.717, 1.165) is 6.42 Å². The highest BCUT2D eigenvalue weighted by Crippen LogP contribution is 2.50. The number of hydrogen-bond donors (Lipinski definition) is 1. The molecule has 5 heteroatoms. The molecule has 0 radical (unpaired) electrons. The Morgan fingerprint density at radius 3 is 2.86 bits per heavy atom. The van der Waals surface area contributed by atoms with E-state index in [1.54, 1.807) is 7.11 Å². The van der Waals surface area contributed by atoms with E-state index in [9.17, 15) is 9.90 Å². The molecule has 0 unspecified atom stereocenters. The fourth-order valence-electron chi connectivity index (χ4n) is 3.47. The molecule has 0 saturated carbocycles. The van der Waals surface area contributed by atoms with Gasteiger partial charge in [0, 0.05) is 24.5 Å². The predicted octanol–water partition coefficient (Wildman–Crippen LogP) is 1.67. The molecule has 0 aromatic carbocycles. The van der Waals surface area contributed by atoms with Crippen LogP contribution in [0.25, 0.3) is 0 Å². The number of ketones is 1. The van der Waals surface area contributed by atoms with Gasteiger partial charge < -0.3 is 19.3 Å². The van der Waals surface area contributed by atoms with Gasteiger partial charge in [-0.15, -0.1) is 0 Å². The van der Waals surface area contributed by atoms with Crippen molar-refractivity contribution in [3.63, 3.8) is 0 Å². The summed E-state index contributed by atoms with van der Waals surface area (Å²) >= 11 is 0. The van der Waals surface area contributed by atoms with Crippen molar-refractivity contribution in [1.82, 2.24) is 0 Å². The quantitative estimate of drug-likeness (QED) is 0.459. The first-order valence-electron chi connectivity index (χ1n) is 7.26. The number of rotatable bonds is 6. The molecule has 0 aliphatic heterocycles. The number of allylic oxidation sites excluding steroid dienone is 3. The van der Waals surface area contributed by atoms with Crippen molar-refractivity contribution in [2.45, 2.75) is 25.9 Å². The average molecular weight is 296 g/mol. The van der Waals surface area contributed by atoms with Crippen LogP contribution in [0.4, 0.5) is 0 Å². The summed E-state index contributed by atoms with van der Waals surface area (Å²) in [6, 6.07) is 0. The minimum atomic E-state index is -0.775. The van der Waals surface area contributed by atoms with Crippen LogP contribution in [0.15, 0.2) is 24.0 Å². The second-order valence-electron chi connectivity index (χ2n) is 5.85. The van der Waals surface area contributed by atoms with Gasteiger partial charge in [-0.25, -0.2) is 0 Å². The smallest absolute Gasteiger partial charge is 0.163 e. The van der Waals surface area contributed by atoms with Gasteiger partial charge in [-0.1, -0.05) is 19.1 Å². The number of methoxy groups -OCH3 is 2. The van der Waals surface area contributed by atoms with Gasteiger partial charge in [0.2, 0.25) is 0 Å². The summed E-state index contributed by atoms with van der Waals surface area (Å²) in [5.41, 5.74) is -0.553. The summed E-state index contributed by atoms with van der Waals surface area (Å²) in [5.74, 6) is 0.249. The van der Waals surface area contributed by atoms with E-state index in [4.69, 9.17) is 14.2 Å². The minimum Gasteiger partial charge on any atom is -0.498 e. The molecule has 0 aromatic rings. The Bertz CT molecular complexity index is 442. The largest absolute Gasteiger partial charge is 0.498 e. The number of hydrogen-bond acceptors (Lipinski definition) is 5. The summed E-state index contributed by atoms with van der Waals surface area (Å²) in [7, 11) is 3.07. The molecule has 0 amide bonds. The molecule has 4 atom stereocenters. The molecule has 2 aliphatic rings. The van der Waals surface area contributed by atoms with Gasteiger partial charge in [-0.2, -0.15) is 0 Å². The molecular weight excluding hydrogens is 272 g/mol. The monoisotopic (exact) mass is 296 g/mol. The second kappa shape index (κ2) is 6.73. The summed E-state index contributed by atoms with van der Waals surface area (Å²) < 4.78 is 15.4. The molecule has 1 N–H and O–H groups in total. The lowest BCUT2D eigenvalue weighted by Gasteiger charge is -2.49. The zero-order valence-corrected chi connectivity index (χ0v) is 12.9. The summed E-state index contributed by atoms with van der Waals surface area (Å²) in [6.45, 7) is 2.75. The second-order valence-corrected chi connectivity index (χ2v) is 5.85. The van der Waals surface area contributed by atoms with Crippen molar-refractivity contribution in [2.24, 2.45) is 17.3 Å². The maximum atomic E-state index is 12.3. The maximum Gasteiger partial charge on any atom is 0.163 e.